The maximum Gasteiger partial charge on any atom is 0.416 e. The third kappa shape index (κ3) is 4.13. The fourth-order valence-electron chi connectivity index (χ4n) is 3.93. The molecule has 6 nitrogen and oxygen atoms in total. The molecule has 0 bridgehead atoms. The number of hydrogen-bond donors (Lipinski definition) is 2. The summed E-state index contributed by atoms with van der Waals surface area (Å²) in [6.07, 6.45) is -2.21. The lowest BCUT2D eigenvalue weighted by atomic mass is 10.1. The molecule has 3 aromatic rings. The van der Waals surface area contributed by atoms with E-state index in [1.54, 1.807) is 11.6 Å². The van der Waals surface area contributed by atoms with Gasteiger partial charge in [0.1, 0.15) is 11.6 Å². The lowest BCUT2D eigenvalue weighted by Crippen LogP contribution is -2.43. The molecule has 2 aromatic heterocycles. The first-order valence-corrected chi connectivity index (χ1v) is 9.87. The van der Waals surface area contributed by atoms with Gasteiger partial charge in [0.2, 0.25) is 0 Å². The van der Waals surface area contributed by atoms with Gasteiger partial charge in [-0.05, 0) is 56.8 Å². The van der Waals surface area contributed by atoms with E-state index in [9.17, 15) is 18.3 Å². The third-order valence-corrected chi connectivity index (χ3v) is 5.57. The molecular weight excluding hydrogens is 395 g/mol. The first-order chi connectivity index (χ1) is 14.2. The van der Waals surface area contributed by atoms with Gasteiger partial charge >= 0.3 is 6.18 Å². The number of alkyl halides is 3. The van der Waals surface area contributed by atoms with Gasteiger partial charge < -0.3 is 19.9 Å². The number of likely N-dealkylation sites (N-methyl/N-ethyl adjacent to an activating group) is 1. The van der Waals surface area contributed by atoms with E-state index in [2.05, 4.69) is 27.2 Å². The highest BCUT2D eigenvalue weighted by atomic mass is 19.4. The fourth-order valence-corrected chi connectivity index (χ4v) is 3.93. The molecule has 1 unspecified atom stereocenters. The van der Waals surface area contributed by atoms with Crippen LogP contribution in [0.5, 0.6) is 5.75 Å². The number of pyridine rings is 1. The first kappa shape index (κ1) is 20.6. The molecule has 2 N–H and O–H groups in total. The summed E-state index contributed by atoms with van der Waals surface area (Å²) in [5.74, 6) is -0.103. The lowest BCUT2D eigenvalue weighted by Gasteiger charge is -2.30. The van der Waals surface area contributed by atoms with Crippen LogP contribution in [0.3, 0.4) is 0 Å². The number of phenolic OH excluding ortho intramolecular Hbond substituents is 1. The summed E-state index contributed by atoms with van der Waals surface area (Å²) < 4.78 is 40.3. The molecule has 0 radical (unpaired) electrons. The van der Waals surface area contributed by atoms with E-state index in [4.69, 9.17) is 0 Å². The number of piperidine rings is 1. The van der Waals surface area contributed by atoms with Gasteiger partial charge in [-0.3, -0.25) is 0 Å². The molecule has 1 fully saturated rings. The van der Waals surface area contributed by atoms with E-state index in [0.717, 1.165) is 42.9 Å². The van der Waals surface area contributed by atoms with Crippen LogP contribution in [-0.2, 0) is 19.8 Å². The van der Waals surface area contributed by atoms with Gasteiger partial charge in [0, 0.05) is 26.2 Å². The Balaban J connectivity index is 1.58. The number of nitrogens with zero attached hydrogens (tertiary/aromatic N) is 4. The Morgan fingerprint density at radius 3 is 2.67 bits per heavy atom. The minimum absolute atomic E-state index is 0.230. The Bertz CT molecular complexity index is 1060. The summed E-state index contributed by atoms with van der Waals surface area (Å²) in [7, 11) is 3.86. The zero-order chi connectivity index (χ0) is 21.5. The molecule has 160 valence electrons. The van der Waals surface area contributed by atoms with Crippen molar-refractivity contribution >= 4 is 11.2 Å². The van der Waals surface area contributed by atoms with Crippen LogP contribution >= 0.6 is 0 Å². The summed E-state index contributed by atoms with van der Waals surface area (Å²) in [6.45, 7) is 2.74. The smallest absolute Gasteiger partial charge is 0.416 e. The fraction of sp³-hybridized carbons (Fsp3) is 0.429. The number of phenols is 1. The first-order valence-electron chi connectivity index (χ1n) is 9.87. The van der Waals surface area contributed by atoms with Gasteiger partial charge in [0.15, 0.2) is 5.65 Å². The van der Waals surface area contributed by atoms with Crippen LogP contribution in [-0.4, -0.2) is 50.7 Å². The van der Waals surface area contributed by atoms with Crippen molar-refractivity contribution in [2.45, 2.75) is 31.6 Å². The number of imidazole rings is 1. The van der Waals surface area contributed by atoms with E-state index < -0.39 is 17.5 Å². The zero-order valence-electron chi connectivity index (χ0n) is 16.9. The van der Waals surface area contributed by atoms with Crippen molar-refractivity contribution in [2.75, 3.05) is 20.1 Å². The van der Waals surface area contributed by atoms with Gasteiger partial charge in [-0.1, -0.05) is 0 Å². The molecule has 1 saturated heterocycles. The van der Waals surface area contributed by atoms with Crippen molar-refractivity contribution in [3.8, 4) is 17.1 Å². The Hall–Kier alpha value is -2.65. The van der Waals surface area contributed by atoms with Gasteiger partial charge in [-0.2, -0.15) is 13.2 Å². The highest BCUT2D eigenvalue weighted by Crippen LogP contribution is 2.36. The van der Waals surface area contributed by atoms with Crippen molar-refractivity contribution in [1.82, 2.24) is 24.8 Å². The molecule has 1 aliphatic rings. The highest BCUT2D eigenvalue weighted by Gasteiger charge is 2.31. The van der Waals surface area contributed by atoms with E-state index in [-0.39, 0.29) is 5.56 Å². The largest absolute Gasteiger partial charge is 0.507 e. The molecule has 0 spiro atoms. The number of rotatable bonds is 4. The summed E-state index contributed by atoms with van der Waals surface area (Å²) in [5.41, 5.74) is 1.41. The van der Waals surface area contributed by atoms with Gasteiger partial charge in [0.05, 0.1) is 22.3 Å². The third-order valence-electron chi connectivity index (χ3n) is 5.57. The zero-order valence-corrected chi connectivity index (χ0v) is 16.9. The number of halogens is 3. The molecule has 9 heteroatoms. The van der Waals surface area contributed by atoms with Crippen molar-refractivity contribution < 1.29 is 18.3 Å². The van der Waals surface area contributed by atoms with Crippen LogP contribution < -0.4 is 5.32 Å². The van der Waals surface area contributed by atoms with Crippen LogP contribution in [0.25, 0.3) is 22.6 Å². The quantitative estimate of drug-likeness (QED) is 0.677. The number of aryl methyl sites for hydroxylation is 1. The van der Waals surface area contributed by atoms with E-state index in [1.165, 1.54) is 12.5 Å². The number of hydrogen-bond acceptors (Lipinski definition) is 5. The minimum atomic E-state index is -4.51. The van der Waals surface area contributed by atoms with Crippen molar-refractivity contribution in [3.05, 3.63) is 41.6 Å². The standard InChI is InChI=1S/C21H24F3N5O/c1-28-9-3-4-15(12-28)25-11-14-6-8-17-19(26-14)27-20(29(17)2)16-7-5-13(10-18(16)30)21(22,23)24/h5-8,10,15,25,30H,3-4,9,11-12H2,1-2H3. The second kappa shape index (κ2) is 7.88. The molecule has 1 aromatic carbocycles. The molecule has 1 aliphatic heterocycles. The molecule has 1 atom stereocenters. The summed E-state index contributed by atoms with van der Waals surface area (Å²) in [6, 6.07) is 7.13. The van der Waals surface area contributed by atoms with Crippen molar-refractivity contribution in [2.24, 2.45) is 7.05 Å². The predicted molar refractivity (Wildman–Crippen MR) is 108 cm³/mol. The number of benzene rings is 1. The van der Waals surface area contributed by atoms with Crippen molar-refractivity contribution in [3.63, 3.8) is 0 Å². The average molecular weight is 419 g/mol. The second-order valence-electron chi connectivity index (χ2n) is 7.85. The Labute approximate surface area is 172 Å². The molecule has 0 amide bonds. The normalized spacial score (nSPS) is 18.2. The van der Waals surface area contributed by atoms with E-state index >= 15 is 0 Å². The van der Waals surface area contributed by atoms with E-state index in [0.29, 0.717) is 24.1 Å². The summed E-state index contributed by atoms with van der Waals surface area (Å²) in [4.78, 5) is 11.4. The number of nitrogens with one attached hydrogen (secondary N) is 1. The molecule has 0 aliphatic carbocycles. The number of likely N-dealkylation sites (tertiary alicyclic amines) is 1. The SMILES string of the molecule is CN1CCCC(NCc2ccc3c(n2)nc(-c2ccc(C(F)(F)F)cc2O)n3C)C1. The Morgan fingerprint density at radius 2 is 1.97 bits per heavy atom. The minimum Gasteiger partial charge on any atom is -0.507 e. The molecule has 30 heavy (non-hydrogen) atoms. The molecule has 0 saturated carbocycles. The van der Waals surface area contributed by atoms with E-state index in [1.807, 2.05) is 12.1 Å². The number of aromatic nitrogens is 3. The van der Waals surface area contributed by atoms with Gasteiger partial charge in [-0.15, -0.1) is 0 Å². The number of aromatic hydroxyl groups is 1. The van der Waals surface area contributed by atoms with Gasteiger partial charge in [0.25, 0.3) is 0 Å². The topological polar surface area (TPSA) is 66.2 Å². The Morgan fingerprint density at radius 1 is 1.17 bits per heavy atom. The van der Waals surface area contributed by atoms with Crippen LogP contribution in [0.4, 0.5) is 13.2 Å². The maximum atomic E-state index is 12.9. The maximum absolute atomic E-state index is 12.9. The number of fused-ring (bicyclic) bond motifs is 1. The average Bonchev–Trinajstić information content (AvgIpc) is 3.01. The van der Waals surface area contributed by atoms with Crippen LogP contribution in [0, 0.1) is 0 Å². The van der Waals surface area contributed by atoms with Crippen LogP contribution in [0.15, 0.2) is 30.3 Å². The van der Waals surface area contributed by atoms with Crippen molar-refractivity contribution in [1.29, 1.82) is 0 Å². The Kier molecular flexibility index (Phi) is 5.42. The van der Waals surface area contributed by atoms with Crippen LogP contribution in [0.1, 0.15) is 24.1 Å². The molecule has 4 rings (SSSR count). The highest BCUT2D eigenvalue weighted by molar-refractivity contribution is 5.79. The second-order valence-corrected chi connectivity index (χ2v) is 7.85. The predicted octanol–water partition coefficient (Wildman–Crippen LogP) is 3.54. The van der Waals surface area contributed by atoms with Gasteiger partial charge in [-0.25, -0.2) is 9.97 Å². The lowest BCUT2D eigenvalue weighted by molar-refractivity contribution is -0.137. The molecular formula is C21H24F3N5O. The summed E-state index contributed by atoms with van der Waals surface area (Å²) in [5, 5.41) is 13.7. The summed E-state index contributed by atoms with van der Waals surface area (Å²) >= 11 is 0. The molecule has 3 heterocycles. The monoisotopic (exact) mass is 419 g/mol. The van der Waals surface area contributed by atoms with Crippen LogP contribution in [0.2, 0.25) is 0 Å².